The third-order valence-electron chi connectivity index (χ3n) is 3.03. The zero-order valence-electron chi connectivity index (χ0n) is 13.1. The van der Waals surface area contributed by atoms with E-state index in [1.165, 1.54) is 31.4 Å². The SMILES string of the molecule is COc1ccc(-c2ccc(OC(F)(F)F)c(OCCN)c2)c(F)c1.Cl. The van der Waals surface area contributed by atoms with E-state index in [2.05, 4.69) is 4.74 Å². The van der Waals surface area contributed by atoms with Crippen molar-refractivity contribution >= 4 is 12.4 Å². The van der Waals surface area contributed by atoms with E-state index in [1.807, 2.05) is 0 Å². The lowest BCUT2D eigenvalue weighted by molar-refractivity contribution is -0.275. The summed E-state index contributed by atoms with van der Waals surface area (Å²) in [6, 6.07) is 7.82. The van der Waals surface area contributed by atoms with Crippen molar-refractivity contribution in [2.45, 2.75) is 6.36 Å². The van der Waals surface area contributed by atoms with Gasteiger partial charge in [-0.15, -0.1) is 25.6 Å². The summed E-state index contributed by atoms with van der Waals surface area (Å²) < 4.78 is 65.4. The second kappa shape index (κ2) is 8.77. The molecule has 2 aromatic rings. The highest BCUT2D eigenvalue weighted by Gasteiger charge is 2.32. The topological polar surface area (TPSA) is 53.7 Å². The fourth-order valence-electron chi connectivity index (χ4n) is 2.02. The number of rotatable bonds is 6. The zero-order valence-corrected chi connectivity index (χ0v) is 13.9. The fraction of sp³-hybridized carbons (Fsp3) is 0.250. The van der Waals surface area contributed by atoms with Crippen LogP contribution in [0.1, 0.15) is 0 Å². The van der Waals surface area contributed by atoms with Gasteiger partial charge in [0.2, 0.25) is 0 Å². The Bertz CT molecular complexity index is 710. The first-order valence-corrected chi connectivity index (χ1v) is 6.90. The maximum Gasteiger partial charge on any atom is 0.573 e. The molecule has 0 atom stereocenters. The number of nitrogens with two attached hydrogens (primary N) is 1. The Kier molecular flexibility index (Phi) is 7.32. The first-order chi connectivity index (χ1) is 11.3. The highest BCUT2D eigenvalue weighted by atomic mass is 35.5. The molecule has 0 spiro atoms. The summed E-state index contributed by atoms with van der Waals surface area (Å²) in [4.78, 5) is 0. The van der Waals surface area contributed by atoms with Crippen molar-refractivity contribution in [3.05, 3.63) is 42.2 Å². The Labute approximate surface area is 147 Å². The van der Waals surface area contributed by atoms with Crippen LogP contribution in [0.4, 0.5) is 17.6 Å². The molecule has 2 aromatic carbocycles. The van der Waals surface area contributed by atoms with E-state index in [-0.39, 0.29) is 36.9 Å². The standard InChI is InChI=1S/C16H15F4NO3.ClH/c1-22-11-3-4-12(13(17)9-11)10-2-5-14(24-16(18,19)20)15(8-10)23-7-6-21;/h2-5,8-9H,6-7,21H2,1H3;1H. The average molecular weight is 382 g/mol. The average Bonchev–Trinajstić information content (AvgIpc) is 2.52. The molecule has 25 heavy (non-hydrogen) atoms. The van der Waals surface area contributed by atoms with Gasteiger partial charge in [0.1, 0.15) is 18.2 Å². The van der Waals surface area contributed by atoms with Gasteiger partial charge in [-0.3, -0.25) is 0 Å². The van der Waals surface area contributed by atoms with Crippen LogP contribution in [0.3, 0.4) is 0 Å². The van der Waals surface area contributed by atoms with Crippen LogP contribution in [0.2, 0.25) is 0 Å². The summed E-state index contributed by atoms with van der Waals surface area (Å²) in [5.74, 6) is -0.949. The van der Waals surface area contributed by atoms with Gasteiger partial charge >= 0.3 is 6.36 Å². The summed E-state index contributed by atoms with van der Waals surface area (Å²) in [6.45, 7) is 0.0926. The van der Waals surface area contributed by atoms with Gasteiger partial charge < -0.3 is 19.9 Å². The minimum atomic E-state index is -4.87. The molecule has 0 unspecified atom stereocenters. The molecule has 0 aliphatic heterocycles. The molecule has 0 radical (unpaired) electrons. The minimum absolute atomic E-state index is 0. The van der Waals surface area contributed by atoms with E-state index < -0.39 is 17.9 Å². The number of alkyl halides is 3. The van der Waals surface area contributed by atoms with Crippen molar-refractivity contribution in [2.75, 3.05) is 20.3 Å². The minimum Gasteiger partial charge on any atom is -0.497 e. The van der Waals surface area contributed by atoms with Gasteiger partial charge in [-0.05, 0) is 29.8 Å². The van der Waals surface area contributed by atoms with Gasteiger partial charge in [0.15, 0.2) is 11.5 Å². The normalized spacial score (nSPS) is 10.8. The van der Waals surface area contributed by atoms with Crippen molar-refractivity contribution in [3.8, 4) is 28.4 Å². The second-order valence-electron chi connectivity index (χ2n) is 4.69. The molecule has 0 aliphatic rings. The lowest BCUT2D eigenvalue weighted by atomic mass is 10.0. The van der Waals surface area contributed by atoms with Gasteiger partial charge in [-0.25, -0.2) is 4.39 Å². The van der Waals surface area contributed by atoms with Crippen LogP contribution < -0.4 is 19.9 Å². The molecular formula is C16H16ClF4NO3. The van der Waals surface area contributed by atoms with E-state index in [0.29, 0.717) is 11.3 Å². The van der Waals surface area contributed by atoms with Crippen molar-refractivity contribution < 1.29 is 31.8 Å². The predicted octanol–water partition coefficient (Wildman–Crippen LogP) is 4.16. The highest BCUT2D eigenvalue weighted by molar-refractivity contribution is 5.85. The van der Waals surface area contributed by atoms with E-state index in [0.717, 1.165) is 6.07 Å². The Morgan fingerprint density at radius 2 is 1.76 bits per heavy atom. The smallest absolute Gasteiger partial charge is 0.497 e. The monoisotopic (exact) mass is 381 g/mol. The van der Waals surface area contributed by atoms with E-state index >= 15 is 0 Å². The van der Waals surface area contributed by atoms with Gasteiger partial charge in [0.25, 0.3) is 0 Å². The molecule has 2 N–H and O–H groups in total. The Balaban J connectivity index is 0.00000312. The highest BCUT2D eigenvalue weighted by Crippen LogP contribution is 2.37. The Morgan fingerprint density at radius 3 is 2.32 bits per heavy atom. The van der Waals surface area contributed by atoms with Crippen LogP contribution >= 0.6 is 12.4 Å². The molecule has 2 rings (SSSR count). The summed E-state index contributed by atoms with van der Waals surface area (Å²) >= 11 is 0. The summed E-state index contributed by atoms with van der Waals surface area (Å²) in [7, 11) is 1.40. The third kappa shape index (κ3) is 5.68. The maximum atomic E-state index is 14.1. The lowest BCUT2D eigenvalue weighted by Gasteiger charge is -2.15. The third-order valence-corrected chi connectivity index (χ3v) is 3.03. The van der Waals surface area contributed by atoms with Gasteiger partial charge in [0, 0.05) is 18.2 Å². The van der Waals surface area contributed by atoms with Crippen LogP contribution in [-0.4, -0.2) is 26.6 Å². The first kappa shape index (κ1) is 20.9. The zero-order chi connectivity index (χ0) is 17.7. The van der Waals surface area contributed by atoms with Crippen LogP contribution in [0, 0.1) is 5.82 Å². The number of benzene rings is 2. The summed E-state index contributed by atoms with van der Waals surface area (Å²) in [5.41, 5.74) is 5.81. The molecule has 0 heterocycles. The molecule has 0 aliphatic carbocycles. The largest absolute Gasteiger partial charge is 0.573 e. The second-order valence-corrected chi connectivity index (χ2v) is 4.69. The molecule has 9 heteroatoms. The number of ether oxygens (including phenoxy) is 3. The fourth-order valence-corrected chi connectivity index (χ4v) is 2.02. The van der Waals surface area contributed by atoms with Crippen LogP contribution in [0.25, 0.3) is 11.1 Å². The molecule has 0 fully saturated rings. The van der Waals surface area contributed by atoms with E-state index in [9.17, 15) is 17.6 Å². The Hall–Kier alpha value is -2.19. The van der Waals surface area contributed by atoms with Gasteiger partial charge in [-0.2, -0.15) is 0 Å². The van der Waals surface area contributed by atoms with E-state index in [4.69, 9.17) is 15.2 Å². The molecule has 4 nitrogen and oxygen atoms in total. The van der Waals surface area contributed by atoms with Crippen molar-refractivity contribution in [2.24, 2.45) is 5.73 Å². The van der Waals surface area contributed by atoms with Crippen LogP contribution in [-0.2, 0) is 0 Å². The number of halogens is 5. The summed E-state index contributed by atoms with van der Waals surface area (Å²) in [6.07, 6.45) is -4.87. The quantitative estimate of drug-likeness (QED) is 0.763. The van der Waals surface area contributed by atoms with Gasteiger partial charge in [-0.1, -0.05) is 6.07 Å². The molecule has 0 amide bonds. The maximum absolute atomic E-state index is 14.1. The summed E-state index contributed by atoms with van der Waals surface area (Å²) in [5, 5.41) is 0. The predicted molar refractivity (Wildman–Crippen MR) is 86.9 cm³/mol. The molecule has 0 aromatic heterocycles. The van der Waals surface area contributed by atoms with Crippen molar-refractivity contribution in [1.82, 2.24) is 0 Å². The molecular weight excluding hydrogens is 366 g/mol. The van der Waals surface area contributed by atoms with Crippen LogP contribution in [0.5, 0.6) is 17.2 Å². The Morgan fingerprint density at radius 1 is 1.04 bits per heavy atom. The van der Waals surface area contributed by atoms with Gasteiger partial charge in [0.05, 0.1) is 7.11 Å². The molecule has 0 bridgehead atoms. The molecule has 0 saturated heterocycles. The van der Waals surface area contributed by atoms with Crippen molar-refractivity contribution in [3.63, 3.8) is 0 Å². The number of hydrogen-bond donors (Lipinski definition) is 1. The lowest BCUT2D eigenvalue weighted by Crippen LogP contribution is -2.18. The number of methoxy groups -OCH3 is 1. The van der Waals surface area contributed by atoms with Crippen LogP contribution in [0.15, 0.2) is 36.4 Å². The molecule has 138 valence electrons. The number of hydrogen-bond acceptors (Lipinski definition) is 4. The van der Waals surface area contributed by atoms with Crippen molar-refractivity contribution in [1.29, 1.82) is 0 Å². The first-order valence-electron chi connectivity index (χ1n) is 6.90. The molecule has 0 saturated carbocycles. The van der Waals surface area contributed by atoms with E-state index in [1.54, 1.807) is 6.07 Å².